The van der Waals surface area contributed by atoms with Gasteiger partial charge in [-0.15, -0.1) is 0 Å². The molecule has 2 rings (SSSR count). The lowest BCUT2D eigenvalue weighted by Crippen LogP contribution is -2.21. The zero-order valence-electron chi connectivity index (χ0n) is 14.8. The van der Waals surface area contributed by atoms with E-state index >= 15 is 0 Å². The molecule has 1 aromatic heterocycles. The highest BCUT2D eigenvalue weighted by Crippen LogP contribution is 2.28. The molecule has 1 amide bonds. The van der Waals surface area contributed by atoms with Crippen molar-refractivity contribution in [2.45, 2.75) is 44.9 Å². The monoisotopic (exact) mass is 319 g/mol. The first-order valence-corrected chi connectivity index (χ1v) is 8.49. The molecule has 0 aliphatic heterocycles. The normalized spacial score (nSPS) is 15.3. The topological polar surface area (TPSA) is 61.4 Å². The third-order valence-corrected chi connectivity index (χ3v) is 4.36. The number of aromatic nitrogens is 2. The lowest BCUT2D eigenvalue weighted by molar-refractivity contribution is -0.116. The van der Waals surface area contributed by atoms with E-state index in [0.717, 1.165) is 18.2 Å². The van der Waals surface area contributed by atoms with Crippen LogP contribution in [0.4, 0.5) is 17.5 Å². The third kappa shape index (κ3) is 5.08. The van der Waals surface area contributed by atoms with E-state index in [4.69, 9.17) is 0 Å². The molecule has 23 heavy (non-hydrogen) atoms. The van der Waals surface area contributed by atoms with Crippen molar-refractivity contribution in [3.8, 4) is 0 Å². The van der Waals surface area contributed by atoms with E-state index in [1.54, 1.807) is 6.20 Å². The van der Waals surface area contributed by atoms with Crippen LogP contribution in [0.3, 0.4) is 0 Å². The number of carbonyl (C=O) groups excluding carboxylic acids is 1. The second-order valence-corrected chi connectivity index (χ2v) is 6.79. The van der Waals surface area contributed by atoms with Crippen molar-refractivity contribution in [1.29, 1.82) is 0 Å². The summed E-state index contributed by atoms with van der Waals surface area (Å²) in [5.74, 6) is 2.14. The van der Waals surface area contributed by atoms with Gasteiger partial charge in [0.2, 0.25) is 11.9 Å². The Morgan fingerprint density at radius 3 is 2.48 bits per heavy atom. The predicted octanol–water partition coefficient (Wildman–Crippen LogP) is 2.91. The maximum absolute atomic E-state index is 12.3. The first-order chi connectivity index (χ1) is 11.0. The summed E-state index contributed by atoms with van der Waals surface area (Å²) in [6.07, 6.45) is 9.79. The summed E-state index contributed by atoms with van der Waals surface area (Å²) in [5.41, 5.74) is 0.675. The Kier molecular flexibility index (Phi) is 6.19. The van der Waals surface area contributed by atoms with Crippen molar-refractivity contribution in [2.75, 3.05) is 43.3 Å². The van der Waals surface area contributed by atoms with Crippen LogP contribution in [0.5, 0.6) is 0 Å². The highest BCUT2D eigenvalue weighted by atomic mass is 16.1. The number of nitrogens with zero attached hydrogens (tertiary/aromatic N) is 4. The molecular formula is C17H29N5O. The molecule has 6 heteroatoms. The zero-order chi connectivity index (χ0) is 16.8. The standard InChI is InChI=1S/C17H29N5O/c1-21(2)16-14(12-18-17(20-16)22(3)4)19-15(23)11-10-13-8-6-5-7-9-13/h12-13H,5-11H2,1-4H3,(H,19,23). The van der Waals surface area contributed by atoms with E-state index in [0.29, 0.717) is 18.1 Å². The molecule has 1 aromatic rings. The molecule has 1 saturated carbocycles. The highest BCUT2D eigenvalue weighted by molar-refractivity contribution is 5.93. The fraction of sp³-hybridized carbons (Fsp3) is 0.706. The summed E-state index contributed by atoms with van der Waals surface area (Å²) < 4.78 is 0. The smallest absolute Gasteiger partial charge is 0.226 e. The average molecular weight is 319 g/mol. The number of amides is 1. The van der Waals surface area contributed by atoms with Crippen LogP contribution in [0.1, 0.15) is 44.9 Å². The van der Waals surface area contributed by atoms with Gasteiger partial charge in [-0.25, -0.2) is 4.98 Å². The Labute approximate surface area is 139 Å². The van der Waals surface area contributed by atoms with Crippen molar-refractivity contribution < 1.29 is 4.79 Å². The van der Waals surface area contributed by atoms with E-state index in [2.05, 4.69) is 15.3 Å². The van der Waals surface area contributed by atoms with Crippen LogP contribution in [0.25, 0.3) is 0 Å². The van der Waals surface area contributed by atoms with Gasteiger partial charge < -0.3 is 15.1 Å². The van der Waals surface area contributed by atoms with Crippen molar-refractivity contribution in [1.82, 2.24) is 9.97 Å². The Morgan fingerprint density at radius 1 is 1.17 bits per heavy atom. The quantitative estimate of drug-likeness (QED) is 0.873. The van der Waals surface area contributed by atoms with E-state index in [1.807, 2.05) is 38.0 Å². The first-order valence-electron chi connectivity index (χ1n) is 8.49. The highest BCUT2D eigenvalue weighted by Gasteiger charge is 2.17. The number of hydrogen-bond acceptors (Lipinski definition) is 5. The van der Waals surface area contributed by atoms with Crippen LogP contribution in [0, 0.1) is 5.92 Å². The first kappa shape index (κ1) is 17.5. The Balaban J connectivity index is 1.96. The molecule has 1 aliphatic rings. The zero-order valence-corrected chi connectivity index (χ0v) is 14.8. The number of hydrogen-bond donors (Lipinski definition) is 1. The molecule has 0 aromatic carbocycles. The minimum atomic E-state index is 0.0554. The van der Waals surface area contributed by atoms with Gasteiger partial charge in [0.1, 0.15) is 5.69 Å². The molecule has 0 atom stereocenters. The Bertz CT molecular complexity index is 524. The van der Waals surface area contributed by atoms with E-state index in [1.165, 1.54) is 32.1 Å². The molecule has 1 fully saturated rings. The van der Waals surface area contributed by atoms with E-state index in [-0.39, 0.29) is 5.91 Å². The van der Waals surface area contributed by atoms with Crippen LogP contribution in [0.2, 0.25) is 0 Å². The molecule has 1 aliphatic carbocycles. The van der Waals surface area contributed by atoms with Gasteiger partial charge in [-0.1, -0.05) is 32.1 Å². The van der Waals surface area contributed by atoms with Gasteiger partial charge in [-0.05, 0) is 12.3 Å². The summed E-state index contributed by atoms with van der Waals surface area (Å²) >= 11 is 0. The summed E-state index contributed by atoms with van der Waals surface area (Å²) in [6, 6.07) is 0. The van der Waals surface area contributed by atoms with Gasteiger partial charge in [0.25, 0.3) is 0 Å². The third-order valence-electron chi connectivity index (χ3n) is 4.36. The molecule has 0 bridgehead atoms. The van der Waals surface area contributed by atoms with Crippen LogP contribution >= 0.6 is 0 Å². The van der Waals surface area contributed by atoms with E-state index in [9.17, 15) is 4.79 Å². The molecule has 6 nitrogen and oxygen atoms in total. The SMILES string of the molecule is CN(C)c1ncc(NC(=O)CCC2CCCCC2)c(N(C)C)n1. The average Bonchev–Trinajstić information content (AvgIpc) is 2.54. The largest absolute Gasteiger partial charge is 0.361 e. The number of anilines is 3. The fourth-order valence-corrected chi connectivity index (χ4v) is 3.03. The van der Waals surface area contributed by atoms with Crippen LogP contribution < -0.4 is 15.1 Å². The molecule has 1 N–H and O–H groups in total. The minimum absolute atomic E-state index is 0.0554. The lowest BCUT2D eigenvalue weighted by Gasteiger charge is -2.22. The molecular weight excluding hydrogens is 290 g/mol. The molecule has 1 heterocycles. The summed E-state index contributed by atoms with van der Waals surface area (Å²) in [6.45, 7) is 0. The number of carbonyl (C=O) groups is 1. The van der Waals surface area contributed by atoms with Gasteiger partial charge in [0, 0.05) is 34.6 Å². The summed E-state index contributed by atoms with van der Waals surface area (Å²) in [5, 5.41) is 2.97. The lowest BCUT2D eigenvalue weighted by atomic mass is 9.86. The molecule has 0 spiro atoms. The second kappa shape index (κ2) is 8.13. The van der Waals surface area contributed by atoms with Gasteiger partial charge in [0.15, 0.2) is 5.82 Å². The van der Waals surface area contributed by atoms with Crippen molar-refractivity contribution >= 4 is 23.4 Å². The Morgan fingerprint density at radius 2 is 1.87 bits per heavy atom. The number of nitrogens with one attached hydrogen (secondary N) is 1. The van der Waals surface area contributed by atoms with E-state index < -0.39 is 0 Å². The van der Waals surface area contributed by atoms with Crippen LogP contribution in [0.15, 0.2) is 6.20 Å². The van der Waals surface area contributed by atoms with Gasteiger partial charge in [-0.2, -0.15) is 4.98 Å². The maximum atomic E-state index is 12.3. The summed E-state index contributed by atoms with van der Waals surface area (Å²) in [4.78, 5) is 24.8. The molecule has 0 saturated heterocycles. The Hall–Kier alpha value is -1.85. The van der Waals surface area contributed by atoms with Crippen molar-refractivity contribution in [3.05, 3.63) is 6.20 Å². The summed E-state index contributed by atoms with van der Waals surface area (Å²) in [7, 11) is 7.63. The maximum Gasteiger partial charge on any atom is 0.226 e. The molecule has 0 radical (unpaired) electrons. The molecule has 128 valence electrons. The van der Waals surface area contributed by atoms with Crippen LogP contribution in [-0.4, -0.2) is 44.1 Å². The second-order valence-electron chi connectivity index (χ2n) is 6.79. The predicted molar refractivity (Wildman–Crippen MR) is 95.1 cm³/mol. The van der Waals surface area contributed by atoms with Crippen LogP contribution in [-0.2, 0) is 4.79 Å². The van der Waals surface area contributed by atoms with Gasteiger partial charge >= 0.3 is 0 Å². The van der Waals surface area contributed by atoms with Gasteiger partial charge in [-0.3, -0.25) is 4.79 Å². The number of rotatable bonds is 6. The molecule has 0 unspecified atom stereocenters. The van der Waals surface area contributed by atoms with Gasteiger partial charge in [0.05, 0.1) is 6.20 Å². The van der Waals surface area contributed by atoms with Crippen molar-refractivity contribution in [2.24, 2.45) is 5.92 Å². The minimum Gasteiger partial charge on any atom is -0.361 e. The fourth-order valence-electron chi connectivity index (χ4n) is 3.03. The van der Waals surface area contributed by atoms with Crippen molar-refractivity contribution in [3.63, 3.8) is 0 Å².